The number of benzene rings is 2. The van der Waals surface area contributed by atoms with Crippen LogP contribution in [0.25, 0.3) is 0 Å². The van der Waals surface area contributed by atoms with Gasteiger partial charge in [0.25, 0.3) is 5.91 Å². The van der Waals surface area contributed by atoms with Crippen molar-refractivity contribution in [3.8, 4) is 5.75 Å². The number of carbonyl (C=O) groups excluding carboxylic acids is 1. The maximum Gasteiger partial charge on any atom is 0.258 e. The van der Waals surface area contributed by atoms with E-state index in [9.17, 15) is 18.3 Å². The molecule has 10 heteroatoms. The number of para-hydroxylation sites is 1. The van der Waals surface area contributed by atoms with Crippen molar-refractivity contribution in [2.24, 2.45) is 0 Å². The van der Waals surface area contributed by atoms with Crippen molar-refractivity contribution in [3.63, 3.8) is 0 Å². The first-order chi connectivity index (χ1) is 16.3. The Kier molecular flexibility index (Phi) is 9.43. The molecular formula is C24H34N4O5S. The molecule has 1 unspecified atom stereocenters. The monoisotopic (exact) mass is 490 g/mol. The van der Waals surface area contributed by atoms with E-state index in [1.807, 2.05) is 12.1 Å². The number of sulfonamides is 1. The molecule has 2 aromatic carbocycles. The Hall–Kier alpha value is -2.50. The Morgan fingerprint density at radius 2 is 1.88 bits per heavy atom. The molecule has 2 aromatic rings. The van der Waals surface area contributed by atoms with Crippen molar-refractivity contribution in [2.45, 2.75) is 24.0 Å². The van der Waals surface area contributed by atoms with Gasteiger partial charge in [-0.15, -0.1) is 0 Å². The van der Waals surface area contributed by atoms with Gasteiger partial charge in [-0.05, 0) is 36.7 Å². The van der Waals surface area contributed by atoms with Gasteiger partial charge in [0.2, 0.25) is 10.0 Å². The van der Waals surface area contributed by atoms with Crippen molar-refractivity contribution in [1.82, 2.24) is 19.8 Å². The van der Waals surface area contributed by atoms with E-state index in [1.54, 1.807) is 19.2 Å². The van der Waals surface area contributed by atoms with E-state index >= 15 is 0 Å². The van der Waals surface area contributed by atoms with Crippen LogP contribution in [0.4, 0.5) is 0 Å². The predicted molar refractivity (Wildman–Crippen MR) is 130 cm³/mol. The van der Waals surface area contributed by atoms with Gasteiger partial charge in [-0.2, -0.15) is 4.31 Å². The molecule has 0 bridgehead atoms. The Labute approximate surface area is 201 Å². The highest BCUT2D eigenvalue weighted by molar-refractivity contribution is 7.89. The molecule has 0 aromatic heterocycles. The van der Waals surface area contributed by atoms with Crippen molar-refractivity contribution in [2.75, 3.05) is 53.4 Å². The quantitative estimate of drug-likeness (QED) is 0.396. The van der Waals surface area contributed by atoms with Crippen LogP contribution in [0.2, 0.25) is 0 Å². The Morgan fingerprint density at radius 3 is 2.65 bits per heavy atom. The molecule has 9 nitrogen and oxygen atoms in total. The van der Waals surface area contributed by atoms with Crippen LogP contribution in [-0.4, -0.2) is 88.2 Å². The van der Waals surface area contributed by atoms with Crippen LogP contribution < -0.4 is 15.4 Å². The number of fused-ring (bicyclic) bond motifs is 1. The van der Waals surface area contributed by atoms with Crippen molar-refractivity contribution >= 4 is 15.9 Å². The molecule has 34 heavy (non-hydrogen) atoms. The summed E-state index contributed by atoms with van der Waals surface area (Å²) in [6.07, 6.45) is 0.220. The Balaban J connectivity index is 1.47. The maximum atomic E-state index is 12.9. The highest BCUT2D eigenvalue weighted by atomic mass is 32.2. The first-order valence-electron chi connectivity index (χ1n) is 11.4. The molecule has 3 N–H and O–H groups in total. The summed E-state index contributed by atoms with van der Waals surface area (Å²) in [5.41, 5.74) is 2.61. The molecule has 0 spiro atoms. The van der Waals surface area contributed by atoms with Gasteiger partial charge in [0.15, 0.2) is 6.61 Å². The molecule has 0 fully saturated rings. The number of amides is 1. The van der Waals surface area contributed by atoms with E-state index in [-0.39, 0.29) is 23.8 Å². The zero-order valence-electron chi connectivity index (χ0n) is 19.7. The third-order valence-electron chi connectivity index (χ3n) is 5.79. The van der Waals surface area contributed by atoms with Crippen LogP contribution in [0.1, 0.15) is 11.1 Å². The number of hydrogen-bond donors (Lipinski definition) is 3. The molecule has 1 aliphatic rings. The predicted octanol–water partition coefficient (Wildman–Crippen LogP) is 0.441. The minimum Gasteiger partial charge on any atom is -0.482 e. The van der Waals surface area contributed by atoms with Gasteiger partial charge in [-0.1, -0.05) is 36.4 Å². The molecule has 0 saturated heterocycles. The molecule has 1 atom stereocenters. The summed E-state index contributed by atoms with van der Waals surface area (Å²) in [7, 11) is -0.515. The number of nitrogens with one attached hydrogen (secondary N) is 2. The van der Waals surface area contributed by atoms with E-state index in [4.69, 9.17) is 4.74 Å². The number of nitrogens with zero attached hydrogens (tertiary/aromatic N) is 2. The number of likely N-dealkylation sites (N-methyl/N-ethyl adjacent to an activating group) is 2. The summed E-state index contributed by atoms with van der Waals surface area (Å²) >= 11 is 0. The number of ether oxygens (including phenoxy) is 1. The third-order valence-corrected chi connectivity index (χ3v) is 7.68. The molecule has 1 aliphatic heterocycles. The van der Waals surface area contributed by atoms with Crippen molar-refractivity contribution < 1.29 is 23.1 Å². The molecule has 186 valence electrons. The van der Waals surface area contributed by atoms with E-state index in [0.29, 0.717) is 19.6 Å². The van der Waals surface area contributed by atoms with Gasteiger partial charge in [0, 0.05) is 46.3 Å². The SMILES string of the molecule is CNCCN(C)S(=O)(=O)c1ccccc1OCC(=O)NCC(O)CN1CCc2ccccc2C1. The van der Waals surface area contributed by atoms with Gasteiger partial charge in [-0.3, -0.25) is 9.69 Å². The first kappa shape index (κ1) is 26.1. The summed E-state index contributed by atoms with van der Waals surface area (Å²) in [5, 5.41) is 16.0. The highest BCUT2D eigenvalue weighted by Crippen LogP contribution is 2.25. The minimum atomic E-state index is -3.76. The van der Waals surface area contributed by atoms with Crippen LogP contribution in [0.3, 0.4) is 0 Å². The van der Waals surface area contributed by atoms with Crippen LogP contribution in [0.5, 0.6) is 5.75 Å². The lowest BCUT2D eigenvalue weighted by atomic mass is 10.00. The topological polar surface area (TPSA) is 111 Å². The normalized spacial score (nSPS) is 15.1. The van der Waals surface area contributed by atoms with E-state index in [1.165, 1.54) is 34.6 Å². The molecule has 0 radical (unpaired) electrons. The number of rotatable bonds is 12. The summed E-state index contributed by atoms with van der Waals surface area (Å²) in [6.45, 7) is 2.64. The summed E-state index contributed by atoms with van der Waals surface area (Å²) in [4.78, 5) is 14.5. The molecule has 0 aliphatic carbocycles. The van der Waals surface area contributed by atoms with Gasteiger partial charge < -0.3 is 20.5 Å². The summed E-state index contributed by atoms with van der Waals surface area (Å²) in [5.74, 6) is -0.319. The van der Waals surface area contributed by atoms with Crippen molar-refractivity contribution in [3.05, 3.63) is 59.7 Å². The molecular weight excluding hydrogens is 456 g/mol. The maximum absolute atomic E-state index is 12.9. The van der Waals surface area contributed by atoms with Gasteiger partial charge >= 0.3 is 0 Å². The lowest BCUT2D eigenvalue weighted by molar-refractivity contribution is -0.123. The first-order valence-corrected chi connectivity index (χ1v) is 12.8. The van der Waals surface area contributed by atoms with Crippen LogP contribution in [0, 0.1) is 0 Å². The average molecular weight is 491 g/mol. The zero-order valence-corrected chi connectivity index (χ0v) is 20.6. The molecule has 1 amide bonds. The number of carbonyl (C=O) groups is 1. The smallest absolute Gasteiger partial charge is 0.258 e. The number of β-amino-alcohol motifs (C(OH)–C–C–N with tert-alkyl or cyclic N) is 1. The van der Waals surface area contributed by atoms with Crippen molar-refractivity contribution in [1.29, 1.82) is 0 Å². The second kappa shape index (κ2) is 12.3. The van der Waals surface area contributed by atoms with Gasteiger partial charge in [0.1, 0.15) is 10.6 Å². The second-order valence-electron chi connectivity index (χ2n) is 8.38. The van der Waals surface area contributed by atoms with E-state index in [0.717, 1.165) is 19.5 Å². The standard InChI is InChI=1S/C24H34N4O5S/c1-25-12-14-27(2)34(31,32)23-10-6-5-9-22(23)33-18-24(30)26-15-21(29)17-28-13-11-19-7-3-4-8-20(19)16-28/h3-10,21,25,29H,11-18H2,1-2H3,(H,26,30). The van der Waals surface area contributed by atoms with Gasteiger partial charge in [-0.25, -0.2) is 8.42 Å². The lowest BCUT2D eigenvalue weighted by Crippen LogP contribution is -2.43. The fourth-order valence-electron chi connectivity index (χ4n) is 3.84. The third kappa shape index (κ3) is 7.00. The van der Waals surface area contributed by atoms with Crippen LogP contribution in [-0.2, 0) is 27.8 Å². The fourth-order valence-corrected chi connectivity index (χ4v) is 5.14. The highest BCUT2D eigenvalue weighted by Gasteiger charge is 2.25. The summed E-state index contributed by atoms with van der Waals surface area (Å²) < 4.78 is 32.5. The average Bonchev–Trinajstić information content (AvgIpc) is 2.84. The van der Waals surface area contributed by atoms with Crippen LogP contribution in [0.15, 0.2) is 53.4 Å². The molecule has 0 saturated carbocycles. The second-order valence-corrected chi connectivity index (χ2v) is 10.4. The minimum absolute atomic E-state index is 0.00631. The largest absolute Gasteiger partial charge is 0.482 e. The van der Waals surface area contributed by atoms with Crippen LogP contribution >= 0.6 is 0 Å². The molecule has 3 rings (SSSR count). The summed E-state index contributed by atoms with van der Waals surface area (Å²) in [6, 6.07) is 14.5. The van der Waals surface area contributed by atoms with E-state index < -0.39 is 22.0 Å². The number of hydrogen-bond acceptors (Lipinski definition) is 7. The van der Waals surface area contributed by atoms with E-state index in [2.05, 4.69) is 27.7 Å². The fraction of sp³-hybridized carbons (Fsp3) is 0.458. The van der Waals surface area contributed by atoms with Gasteiger partial charge in [0.05, 0.1) is 6.10 Å². The number of aliphatic hydroxyl groups is 1. The molecule has 1 heterocycles. The Bertz CT molecular complexity index is 1060. The Morgan fingerprint density at radius 1 is 1.18 bits per heavy atom. The lowest BCUT2D eigenvalue weighted by Gasteiger charge is -2.30. The zero-order chi connectivity index (χ0) is 24.6. The number of aliphatic hydroxyl groups excluding tert-OH is 1.